The first-order valence-corrected chi connectivity index (χ1v) is 7.37. The molecule has 110 valence electrons. The number of hydrogen-bond donors (Lipinski definition) is 1. The van der Waals surface area contributed by atoms with E-state index in [0.717, 1.165) is 38.0 Å². The van der Waals surface area contributed by atoms with Crippen molar-refractivity contribution in [3.05, 3.63) is 29.8 Å². The summed E-state index contributed by atoms with van der Waals surface area (Å²) in [4.78, 5) is 14.4. The Balaban J connectivity index is 2.11. The third-order valence-corrected chi connectivity index (χ3v) is 3.95. The highest BCUT2D eigenvalue weighted by Gasteiger charge is 2.32. The van der Waals surface area contributed by atoms with Gasteiger partial charge in [-0.05, 0) is 37.0 Å². The fourth-order valence-corrected chi connectivity index (χ4v) is 2.85. The molecule has 1 unspecified atom stereocenters. The van der Waals surface area contributed by atoms with Crippen LogP contribution < -0.4 is 10.5 Å². The van der Waals surface area contributed by atoms with Crippen LogP contribution in [0.2, 0.25) is 0 Å². The molecule has 0 radical (unpaired) electrons. The zero-order valence-electron chi connectivity index (χ0n) is 12.3. The Bertz CT molecular complexity index is 444. The molecule has 1 aliphatic rings. The minimum atomic E-state index is -0.362. The molecule has 4 heteroatoms. The van der Waals surface area contributed by atoms with Crippen molar-refractivity contribution in [2.45, 2.75) is 44.7 Å². The van der Waals surface area contributed by atoms with Crippen LogP contribution in [0.1, 0.15) is 44.2 Å². The molecule has 2 N–H and O–H groups in total. The van der Waals surface area contributed by atoms with Crippen LogP contribution >= 0.6 is 0 Å². The number of rotatable bonds is 5. The summed E-state index contributed by atoms with van der Waals surface area (Å²) in [6.45, 7) is 2.87. The average molecular weight is 276 g/mol. The van der Waals surface area contributed by atoms with E-state index in [1.165, 1.54) is 5.56 Å². The fraction of sp³-hybridized carbons (Fsp3) is 0.562. The topological polar surface area (TPSA) is 55.6 Å². The van der Waals surface area contributed by atoms with E-state index in [1.807, 2.05) is 29.2 Å². The van der Waals surface area contributed by atoms with Crippen LogP contribution in [0.15, 0.2) is 24.3 Å². The Morgan fingerprint density at radius 3 is 2.75 bits per heavy atom. The Labute approximate surface area is 120 Å². The van der Waals surface area contributed by atoms with Gasteiger partial charge < -0.3 is 15.4 Å². The van der Waals surface area contributed by atoms with Crippen LogP contribution in [0.5, 0.6) is 5.75 Å². The summed E-state index contributed by atoms with van der Waals surface area (Å²) in [5.74, 6) is 0.928. The summed E-state index contributed by atoms with van der Waals surface area (Å²) in [7, 11) is 1.66. The molecule has 1 heterocycles. The molecule has 0 bridgehead atoms. The lowest BCUT2D eigenvalue weighted by Gasteiger charge is -2.27. The monoisotopic (exact) mass is 276 g/mol. The molecular formula is C16H24N2O2. The number of methoxy groups -OCH3 is 1. The molecule has 1 aromatic carbocycles. The summed E-state index contributed by atoms with van der Waals surface area (Å²) in [5, 5.41) is 0. The third kappa shape index (κ3) is 3.12. The van der Waals surface area contributed by atoms with Crippen molar-refractivity contribution in [1.29, 1.82) is 0 Å². The maximum Gasteiger partial charge on any atom is 0.239 e. The van der Waals surface area contributed by atoms with Crippen LogP contribution in [-0.2, 0) is 4.79 Å². The van der Waals surface area contributed by atoms with Gasteiger partial charge in [-0.1, -0.05) is 25.5 Å². The minimum absolute atomic E-state index is 0.0881. The van der Waals surface area contributed by atoms with Crippen molar-refractivity contribution in [3.8, 4) is 5.75 Å². The molecule has 1 amide bonds. The van der Waals surface area contributed by atoms with Crippen molar-refractivity contribution >= 4 is 5.91 Å². The van der Waals surface area contributed by atoms with Crippen LogP contribution in [0.3, 0.4) is 0 Å². The van der Waals surface area contributed by atoms with Gasteiger partial charge in [0.2, 0.25) is 5.91 Å². The van der Waals surface area contributed by atoms with E-state index in [2.05, 4.69) is 6.92 Å². The normalized spacial score (nSPS) is 19.9. The molecule has 20 heavy (non-hydrogen) atoms. The van der Waals surface area contributed by atoms with Crippen LogP contribution in [-0.4, -0.2) is 30.5 Å². The summed E-state index contributed by atoms with van der Waals surface area (Å²) in [6, 6.07) is 7.78. The Hall–Kier alpha value is -1.55. The number of nitrogens with two attached hydrogens (primary N) is 1. The second-order valence-corrected chi connectivity index (χ2v) is 5.36. The first-order chi connectivity index (χ1) is 9.67. The summed E-state index contributed by atoms with van der Waals surface area (Å²) >= 11 is 0. The minimum Gasteiger partial charge on any atom is -0.497 e. The molecule has 1 saturated heterocycles. The van der Waals surface area contributed by atoms with Gasteiger partial charge in [0.1, 0.15) is 5.75 Å². The molecule has 0 saturated carbocycles. The molecule has 1 aliphatic heterocycles. The van der Waals surface area contributed by atoms with Gasteiger partial charge >= 0.3 is 0 Å². The number of hydrogen-bond acceptors (Lipinski definition) is 3. The second-order valence-electron chi connectivity index (χ2n) is 5.36. The van der Waals surface area contributed by atoms with Gasteiger partial charge in [0.15, 0.2) is 0 Å². The molecule has 0 aliphatic carbocycles. The maximum atomic E-state index is 12.4. The molecule has 2 rings (SSSR count). The Kier molecular flexibility index (Phi) is 5.01. The zero-order chi connectivity index (χ0) is 14.5. The summed E-state index contributed by atoms with van der Waals surface area (Å²) < 4.78 is 5.18. The molecular weight excluding hydrogens is 252 g/mol. The predicted octanol–water partition coefficient (Wildman–Crippen LogP) is 2.49. The number of ether oxygens (including phenoxy) is 1. The predicted molar refractivity (Wildman–Crippen MR) is 79.6 cm³/mol. The highest BCUT2D eigenvalue weighted by atomic mass is 16.5. The quantitative estimate of drug-likeness (QED) is 0.899. The van der Waals surface area contributed by atoms with Gasteiger partial charge in [-0.15, -0.1) is 0 Å². The summed E-state index contributed by atoms with van der Waals surface area (Å²) in [6.07, 6.45) is 3.75. The van der Waals surface area contributed by atoms with Crippen LogP contribution in [0, 0.1) is 0 Å². The van der Waals surface area contributed by atoms with E-state index < -0.39 is 0 Å². The largest absolute Gasteiger partial charge is 0.497 e. The van der Waals surface area contributed by atoms with Gasteiger partial charge in [0.25, 0.3) is 0 Å². The first-order valence-electron chi connectivity index (χ1n) is 7.37. The number of nitrogens with zero attached hydrogens (tertiary/aromatic N) is 1. The van der Waals surface area contributed by atoms with Crippen molar-refractivity contribution < 1.29 is 9.53 Å². The lowest BCUT2D eigenvalue weighted by molar-refractivity contribution is -0.133. The van der Waals surface area contributed by atoms with E-state index in [1.54, 1.807) is 7.11 Å². The number of likely N-dealkylation sites (tertiary alicyclic amines) is 1. The van der Waals surface area contributed by atoms with E-state index in [-0.39, 0.29) is 18.0 Å². The van der Waals surface area contributed by atoms with Crippen LogP contribution in [0.25, 0.3) is 0 Å². The average Bonchev–Trinajstić information content (AvgIpc) is 2.96. The number of carbonyl (C=O) groups is 1. The zero-order valence-corrected chi connectivity index (χ0v) is 12.3. The highest BCUT2D eigenvalue weighted by molar-refractivity contribution is 5.82. The van der Waals surface area contributed by atoms with Crippen molar-refractivity contribution in [1.82, 2.24) is 4.90 Å². The second kappa shape index (κ2) is 6.75. The molecule has 0 spiro atoms. The smallest absolute Gasteiger partial charge is 0.239 e. The third-order valence-electron chi connectivity index (χ3n) is 3.95. The van der Waals surface area contributed by atoms with Gasteiger partial charge in [-0.25, -0.2) is 0 Å². The number of carbonyl (C=O) groups excluding carboxylic acids is 1. The lowest BCUT2D eigenvalue weighted by Crippen LogP contribution is -2.43. The van der Waals surface area contributed by atoms with Crippen molar-refractivity contribution in [2.75, 3.05) is 13.7 Å². The standard InChI is InChI=1S/C16H24N2O2/c1-3-5-14(17)16(19)18-11-4-6-15(18)12-7-9-13(20-2)10-8-12/h7-10,14-15H,3-6,11,17H2,1-2H3/t14-,15?/m0/s1. The van der Waals surface area contributed by atoms with E-state index in [9.17, 15) is 4.79 Å². The number of amides is 1. The molecule has 4 nitrogen and oxygen atoms in total. The van der Waals surface area contributed by atoms with Crippen LogP contribution in [0.4, 0.5) is 0 Å². The summed E-state index contributed by atoms with van der Waals surface area (Å²) in [5.41, 5.74) is 7.15. The molecule has 2 atom stereocenters. The fourth-order valence-electron chi connectivity index (χ4n) is 2.85. The molecule has 1 aromatic rings. The number of benzene rings is 1. The Morgan fingerprint density at radius 1 is 1.45 bits per heavy atom. The van der Waals surface area contributed by atoms with Gasteiger partial charge in [0.05, 0.1) is 19.2 Å². The highest BCUT2D eigenvalue weighted by Crippen LogP contribution is 2.33. The first kappa shape index (κ1) is 14.9. The van der Waals surface area contributed by atoms with Crippen molar-refractivity contribution in [2.24, 2.45) is 5.73 Å². The van der Waals surface area contributed by atoms with Gasteiger partial charge in [-0.2, -0.15) is 0 Å². The Morgan fingerprint density at radius 2 is 2.15 bits per heavy atom. The lowest BCUT2D eigenvalue weighted by atomic mass is 10.0. The van der Waals surface area contributed by atoms with Gasteiger partial charge in [-0.3, -0.25) is 4.79 Å². The SMILES string of the molecule is CCC[C@H](N)C(=O)N1CCCC1c1ccc(OC)cc1. The van der Waals surface area contributed by atoms with E-state index >= 15 is 0 Å². The molecule has 1 fully saturated rings. The van der Waals surface area contributed by atoms with E-state index in [4.69, 9.17) is 10.5 Å². The van der Waals surface area contributed by atoms with E-state index in [0.29, 0.717) is 0 Å². The molecule has 0 aromatic heterocycles. The maximum absolute atomic E-state index is 12.4. The van der Waals surface area contributed by atoms with Crippen molar-refractivity contribution in [3.63, 3.8) is 0 Å². The van der Waals surface area contributed by atoms with Gasteiger partial charge in [0, 0.05) is 6.54 Å².